The van der Waals surface area contributed by atoms with E-state index in [2.05, 4.69) is 19.2 Å². The normalized spacial score (nSPS) is 9.60. The van der Waals surface area contributed by atoms with Crippen LogP contribution < -0.4 is 5.32 Å². The first-order valence-electron chi connectivity index (χ1n) is 6.25. The van der Waals surface area contributed by atoms with E-state index in [1.807, 2.05) is 0 Å². The molecule has 0 aliphatic heterocycles. The highest BCUT2D eigenvalue weighted by atomic mass is 16.3. The Labute approximate surface area is 94.9 Å². The maximum absolute atomic E-state index is 8.30. The molecule has 0 aliphatic rings. The summed E-state index contributed by atoms with van der Waals surface area (Å²) in [5, 5.41) is 19.9. The lowest BCUT2D eigenvalue weighted by molar-refractivity contribution is 0.265. The van der Waals surface area contributed by atoms with Crippen molar-refractivity contribution in [1.29, 1.82) is 0 Å². The third-order valence-corrected chi connectivity index (χ3v) is 1.92. The first-order valence-corrected chi connectivity index (χ1v) is 6.25. The summed E-state index contributed by atoms with van der Waals surface area (Å²) < 4.78 is 0. The maximum atomic E-state index is 8.30. The van der Waals surface area contributed by atoms with Gasteiger partial charge in [0.15, 0.2) is 0 Å². The van der Waals surface area contributed by atoms with Crippen LogP contribution in [0.4, 0.5) is 0 Å². The standard InChI is InChI=1S/C6H15N.C6H14O2/c1-3-5-7-6-4-2;7-5-3-1-2-4-6-8/h7H,3-6H2,1-2H3;7-8H,1-6H2. The van der Waals surface area contributed by atoms with E-state index in [1.54, 1.807) is 0 Å². The summed E-state index contributed by atoms with van der Waals surface area (Å²) in [5.74, 6) is 0. The zero-order valence-corrected chi connectivity index (χ0v) is 10.5. The molecule has 0 fully saturated rings. The average Bonchev–Trinajstić information content (AvgIpc) is 2.26. The van der Waals surface area contributed by atoms with Crippen LogP contribution in [0.3, 0.4) is 0 Å². The first kappa shape index (κ1) is 17.3. The third kappa shape index (κ3) is 24.8. The van der Waals surface area contributed by atoms with Crippen molar-refractivity contribution in [3.63, 3.8) is 0 Å². The van der Waals surface area contributed by atoms with Crippen molar-refractivity contribution < 1.29 is 10.2 Å². The van der Waals surface area contributed by atoms with E-state index in [9.17, 15) is 0 Å². The molecule has 3 N–H and O–H groups in total. The Morgan fingerprint density at radius 2 is 1.13 bits per heavy atom. The van der Waals surface area contributed by atoms with E-state index in [0.29, 0.717) is 0 Å². The van der Waals surface area contributed by atoms with Crippen LogP contribution in [0.2, 0.25) is 0 Å². The van der Waals surface area contributed by atoms with E-state index in [0.717, 1.165) is 25.7 Å². The van der Waals surface area contributed by atoms with Crippen molar-refractivity contribution in [2.45, 2.75) is 52.4 Å². The zero-order valence-electron chi connectivity index (χ0n) is 10.5. The topological polar surface area (TPSA) is 52.5 Å². The molecule has 3 nitrogen and oxygen atoms in total. The Morgan fingerprint density at radius 1 is 0.733 bits per heavy atom. The molecule has 0 amide bonds. The molecule has 0 aromatic heterocycles. The smallest absolute Gasteiger partial charge is 0.0431 e. The molecule has 94 valence electrons. The minimum atomic E-state index is 0.283. The third-order valence-electron chi connectivity index (χ3n) is 1.92. The molecule has 0 saturated heterocycles. The molecule has 0 rings (SSSR count). The van der Waals surface area contributed by atoms with E-state index in [-0.39, 0.29) is 13.2 Å². The van der Waals surface area contributed by atoms with Crippen LogP contribution in [0.25, 0.3) is 0 Å². The summed E-state index contributed by atoms with van der Waals surface area (Å²) in [5.41, 5.74) is 0. The molecule has 0 radical (unpaired) electrons. The SMILES string of the molecule is CCCNCCC.OCCCCCCO. The number of nitrogens with one attached hydrogen (secondary N) is 1. The summed E-state index contributed by atoms with van der Waals surface area (Å²) in [7, 11) is 0. The van der Waals surface area contributed by atoms with Crippen LogP contribution in [0.5, 0.6) is 0 Å². The minimum Gasteiger partial charge on any atom is -0.396 e. The Morgan fingerprint density at radius 3 is 1.40 bits per heavy atom. The second kappa shape index (κ2) is 19.5. The van der Waals surface area contributed by atoms with Gasteiger partial charge in [-0.1, -0.05) is 26.7 Å². The molecule has 0 saturated carbocycles. The van der Waals surface area contributed by atoms with Gasteiger partial charge in [0.25, 0.3) is 0 Å². The summed E-state index contributed by atoms with van der Waals surface area (Å²) in [4.78, 5) is 0. The fourth-order valence-corrected chi connectivity index (χ4v) is 1.06. The Bertz CT molecular complexity index is 79.7. The van der Waals surface area contributed by atoms with Gasteiger partial charge in [-0.3, -0.25) is 0 Å². The summed E-state index contributed by atoms with van der Waals surface area (Å²) in [6.07, 6.45) is 6.33. The molecule has 3 heteroatoms. The van der Waals surface area contributed by atoms with Crippen LogP contribution in [0.15, 0.2) is 0 Å². The number of unbranched alkanes of at least 4 members (excludes halogenated alkanes) is 3. The van der Waals surface area contributed by atoms with Crippen LogP contribution in [0.1, 0.15) is 52.4 Å². The number of aliphatic hydroxyl groups excluding tert-OH is 2. The van der Waals surface area contributed by atoms with E-state index in [4.69, 9.17) is 10.2 Å². The Balaban J connectivity index is 0. The number of rotatable bonds is 9. The van der Waals surface area contributed by atoms with Crippen molar-refractivity contribution in [3.8, 4) is 0 Å². The summed E-state index contributed by atoms with van der Waals surface area (Å²) in [6, 6.07) is 0. The molecule has 15 heavy (non-hydrogen) atoms. The van der Waals surface area contributed by atoms with Gasteiger partial charge in [0.2, 0.25) is 0 Å². The number of hydrogen-bond acceptors (Lipinski definition) is 3. The molecule has 0 aromatic carbocycles. The lowest BCUT2D eigenvalue weighted by Gasteiger charge is -1.95. The van der Waals surface area contributed by atoms with Gasteiger partial charge < -0.3 is 15.5 Å². The van der Waals surface area contributed by atoms with E-state index in [1.165, 1.54) is 25.9 Å². The molecule has 0 unspecified atom stereocenters. The molecular weight excluding hydrogens is 190 g/mol. The molecule has 0 bridgehead atoms. The zero-order chi connectivity index (χ0) is 11.8. The van der Waals surface area contributed by atoms with Gasteiger partial charge in [-0.05, 0) is 38.8 Å². The lowest BCUT2D eigenvalue weighted by atomic mass is 10.2. The van der Waals surface area contributed by atoms with Crippen LogP contribution in [-0.2, 0) is 0 Å². The quantitative estimate of drug-likeness (QED) is 0.519. The van der Waals surface area contributed by atoms with Crippen molar-refractivity contribution in [2.24, 2.45) is 0 Å². The van der Waals surface area contributed by atoms with Gasteiger partial charge in [0.1, 0.15) is 0 Å². The summed E-state index contributed by atoms with van der Waals surface area (Å²) in [6.45, 7) is 7.28. The molecular formula is C12H29NO2. The van der Waals surface area contributed by atoms with E-state index < -0.39 is 0 Å². The number of hydrogen-bond donors (Lipinski definition) is 3. The van der Waals surface area contributed by atoms with Crippen molar-refractivity contribution in [3.05, 3.63) is 0 Å². The van der Waals surface area contributed by atoms with Gasteiger partial charge in [0, 0.05) is 13.2 Å². The van der Waals surface area contributed by atoms with Gasteiger partial charge >= 0.3 is 0 Å². The van der Waals surface area contributed by atoms with Crippen molar-refractivity contribution >= 4 is 0 Å². The lowest BCUT2D eigenvalue weighted by Crippen LogP contribution is -2.14. The Hall–Kier alpha value is -0.120. The predicted molar refractivity (Wildman–Crippen MR) is 66.1 cm³/mol. The molecule has 0 spiro atoms. The highest BCUT2D eigenvalue weighted by Gasteiger charge is 1.84. The average molecular weight is 219 g/mol. The number of aliphatic hydroxyl groups is 2. The highest BCUT2D eigenvalue weighted by Crippen LogP contribution is 1.96. The summed E-state index contributed by atoms with van der Waals surface area (Å²) >= 11 is 0. The molecule has 0 aromatic rings. The van der Waals surface area contributed by atoms with Crippen LogP contribution >= 0.6 is 0 Å². The first-order chi connectivity index (χ1) is 7.33. The van der Waals surface area contributed by atoms with Crippen molar-refractivity contribution in [2.75, 3.05) is 26.3 Å². The second-order valence-corrected chi connectivity index (χ2v) is 3.61. The molecule has 0 heterocycles. The Kier molecular flexibility index (Phi) is 22.4. The maximum Gasteiger partial charge on any atom is 0.0431 e. The fraction of sp³-hybridized carbons (Fsp3) is 1.00. The van der Waals surface area contributed by atoms with Gasteiger partial charge in [-0.15, -0.1) is 0 Å². The van der Waals surface area contributed by atoms with Crippen molar-refractivity contribution in [1.82, 2.24) is 5.32 Å². The monoisotopic (exact) mass is 219 g/mol. The molecule has 0 atom stereocenters. The van der Waals surface area contributed by atoms with Crippen LogP contribution in [0, 0.1) is 0 Å². The highest BCUT2D eigenvalue weighted by molar-refractivity contribution is 4.40. The van der Waals surface area contributed by atoms with Gasteiger partial charge in [-0.2, -0.15) is 0 Å². The van der Waals surface area contributed by atoms with Crippen LogP contribution in [-0.4, -0.2) is 36.5 Å². The fourth-order valence-electron chi connectivity index (χ4n) is 1.06. The van der Waals surface area contributed by atoms with Gasteiger partial charge in [-0.25, -0.2) is 0 Å². The predicted octanol–water partition coefficient (Wildman–Crippen LogP) is 1.93. The minimum absolute atomic E-state index is 0.283. The largest absolute Gasteiger partial charge is 0.396 e. The second-order valence-electron chi connectivity index (χ2n) is 3.61. The van der Waals surface area contributed by atoms with Gasteiger partial charge in [0.05, 0.1) is 0 Å². The molecule has 0 aliphatic carbocycles. The van der Waals surface area contributed by atoms with E-state index >= 15 is 0 Å².